The van der Waals surface area contributed by atoms with Gasteiger partial charge < -0.3 is 5.32 Å². The van der Waals surface area contributed by atoms with Crippen molar-refractivity contribution in [1.82, 2.24) is 19.6 Å². The Balaban J connectivity index is 1.98. The number of sulfonamides is 1. The average Bonchev–Trinajstić information content (AvgIpc) is 2.96. The summed E-state index contributed by atoms with van der Waals surface area (Å²) >= 11 is 0. The lowest BCUT2D eigenvalue weighted by atomic mass is 10.0. The molecule has 6 nitrogen and oxygen atoms in total. The second-order valence-electron chi connectivity index (χ2n) is 6.05. The maximum absolute atomic E-state index is 12.8. The van der Waals surface area contributed by atoms with Gasteiger partial charge in [-0.1, -0.05) is 0 Å². The highest BCUT2D eigenvalue weighted by Crippen LogP contribution is 2.33. The molecule has 0 bridgehead atoms. The summed E-state index contributed by atoms with van der Waals surface area (Å²) in [5.41, 5.74) is -0.333. The molecule has 2 fully saturated rings. The summed E-state index contributed by atoms with van der Waals surface area (Å²) in [5.74, 6) is -0.810. The van der Waals surface area contributed by atoms with Crippen LogP contribution in [0, 0.1) is 25.7 Å². The lowest BCUT2D eigenvalue weighted by Crippen LogP contribution is -2.33. The molecule has 0 aromatic carbocycles. The Labute approximate surface area is 132 Å². The third-order valence-electron chi connectivity index (χ3n) is 4.41. The van der Waals surface area contributed by atoms with Crippen LogP contribution in [0.5, 0.6) is 0 Å². The molecule has 3 heterocycles. The van der Waals surface area contributed by atoms with Crippen molar-refractivity contribution >= 4 is 10.0 Å². The second kappa shape index (κ2) is 5.38. The van der Waals surface area contributed by atoms with Crippen LogP contribution in [0.2, 0.25) is 0 Å². The molecule has 2 aliphatic rings. The maximum atomic E-state index is 12.8. The Kier molecular flexibility index (Phi) is 3.88. The summed E-state index contributed by atoms with van der Waals surface area (Å²) in [6.45, 7) is 4.82. The number of hydrogen-bond donors (Lipinski definition) is 1. The van der Waals surface area contributed by atoms with E-state index < -0.39 is 22.0 Å². The molecule has 0 unspecified atom stereocenters. The standard InChI is InChI=1S/C13H17F3N4O2S/c1-7-11(8(2)19-12(18-7)13(14,15)16)23(21,22)20-5-9-3-17-4-10(9)6-20/h9-10,17H,3-6H2,1-2H3/t9-,10-/m1/s1. The topological polar surface area (TPSA) is 75.2 Å². The summed E-state index contributed by atoms with van der Waals surface area (Å²) in [5, 5.41) is 3.21. The third-order valence-corrected chi connectivity index (χ3v) is 6.50. The monoisotopic (exact) mass is 350 g/mol. The highest BCUT2D eigenvalue weighted by molar-refractivity contribution is 7.89. The number of halogens is 3. The quantitative estimate of drug-likeness (QED) is 0.860. The molecule has 0 radical (unpaired) electrons. The number of aryl methyl sites for hydroxylation is 2. The van der Waals surface area contributed by atoms with Crippen molar-refractivity contribution in [2.45, 2.75) is 24.9 Å². The van der Waals surface area contributed by atoms with Crippen LogP contribution < -0.4 is 5.32 Å². The van der Waals surface area contributed by atoms with Gasteiger partial charge in [0.15, 0.2) is 0 Å². The summed E-state index contributed by atoms with van der Waals surface area (Å²) < 4.78 is 65.2. The molecule has 0 saturated carbocycles. The lowest BCUT2D eigenvalue weighted by molar-refractivity contribution is -0.145. The van der Waals surface area contributed by atoms with Gasteiger partial charge in [-0.3, -0.25) is 0 Å². The predicted octanol–water partition coefficient (Wildman–Crippen LogP) is 0.952. The van der Waals surface area contributed by atoms with E-state index in [9.17, 15) is 21.6 Å². The molecule has 3 rings (SSSR count). The summed E-state index contributed by atoms with van der Waals surface area (Å²) in [4.78, 5) is 6.51. The first-order chi connectivity index (χ1) is 10.6. The molecular formula is C13H17F3N4O2S. The molecule has 10 heteroatoms. The number of rotatable bonds is 2. The number of hydrogen-bond acceptors (Lipinski definition) is 5. The van der Waals surface area contributed by atoms with E-state index in [4.69, 9.17) is 0 Å². The van der Waals surface area contributed by atoms with E-state index in [0.29, 0.717) is 13.1 Å². The van der Waals surface area contributed by atoms with Crippen molar-refractivity contribution in [2.75, 3.05) is 26.2 Å². The molecule has 0 aliphatic carbocycles. The zero-order valence-electron chi connectivity index (χ0n) is 12.7. The smallest absolute Gasteiger partial charge is 0.316 e. The van der Waals surface area contributed by atoms with Gasteiger partial charge >= 0.3 is 6.18 Å². The van der Waals surface area contributed by atoms with E-state index in [-0.39, 0.29) is 28.1 Å². The summed E-state index contributed by atoms with van der Waals surface area (Å²) in [7, 11) is -3.89. The van der Waals surface area contributed by atoms with Gasteiger partial charge in [0.25, 0.3) is 0 Å². The van der Waals surface area contributed by atoms with E-state index in [1.807, 2.05) is 0 Å². The van der Waals surface area contributed by atoms with Crippen molar-refractivity contribution in [3.8, 4) is 0 Å². The van der Waals surface area contributed by atoms with Crippen molar-refractivity contribution in [3.05, 3.63) is 17.2 Å². The fraction of sp³-hybridized carbons (Fsp3) is 0.692. The first-order valence-corrected chi connectivity index (χ1v) is 8.68. The van der Waals surface area contributed by atoms with Gasteiger partial charge in [-0.15, -0.1) is 0 Å². The van der Waals surface area contributed by atoms with E-state index in [2.05, 4.69) is 15.3 Å². The number of alkyl halides is 3. The predicted molar refractivity (Wildman–Crippen MR) is 75.1 cm³/mol. The number of aromatic nitrogens is 2. The van der Waals surface area contributed by atoms with Crippen molar-refractivity contribution < 1.29 is 21.6 Å². The van der Waals surface area contributed by atoms with Crippen LogP contribution in [0.25, 0.3) is 0 Å². The maximum Gasteiger partial charge on any atom is 0.451 e. The van der Waals surface area contributed by atoms with Gasteiger partial charge in [-0.05, 0) is 38.8 Å². The molecule has 128 valence electrons. The molecule has 1 aromatic heterocycles. The zero-order chi connectivity index (χ0) is 17.0. The molecule has 2 atom stereocenters. The normalized spacial score (nSPS) is 25.8. The van der Waals surface area contributed by atoms with E-state index in [1.165, 1.54) is 18.2 Å². The molecule has 1 N–H and O–H groups in total. The first kappa shape index (κ1) is 16.6. The SMILES string of the molecule is Cc1nc(C(F)(F)F)nc(C)c1S(=O)(=O)N1C[C@H]2CNC[C@@H]2C1. The number of nitrogens with one attached hydrogen (secondary N) is 1. The minimum Gasteiger partial charge on any atom is -0.316 e. The second-order valence-corrected chi connectivity index (χ2v) is 7.92. The third kappa shape index (κ3) is 2.83. The highest BCUT2D eigenvalue weighted by atomic mass is 32.2. The van der Waals surface area contributed by atoms with Gasteiger partial charge in [0.05, 0.1) is 11.4 Å². The Morgan fingerprint density at radius 3 is 2.00 bits per heavy atom. The minimum absolute atomic E-state index is 0.167. The Morgan fingerprint density at radius 2 is 1.57 bits per heavy atom. The van der Waals surface area contributed by atoms with Crippen molar-refractivity contribution in [2.24, 2.45) is 11.8 Å². The van der Waals surface area contributed by atoms with Crippen LogP contribution >= 0.6 is 0 Å². The number of fused-ring (bicyclic) bond motifs is 1. The van der Waals surface area contributed by atoms with Gasteiger partial charge in [0.2, 0.25) is 15.8 Å². The fourth-order valence-electron chi connectivity index (χ4n) is 3.34. The highest BCUT2D eigenvalue weighted by Gasteiger charge is 2.43. The minimum atomic E-state index is -4.70. The van der Waals surface area contributed by atoms with Crippen LogP contribution in [-0.2, 0) is 16.2 Å². The van der Waals surface area contributed by atoms with Gasteiger partial charge in [0, 0.05) is 13.1 Å². The molecule has 1 aromatic rings. The Bertz CT molecular complexity index is 700. The molecule has 0 amide bonds. The van der Waals surface area contributed by atoms with Crippen LogP contribution in [0.1, 0.15) is 17.2 Å². The Hall–Kier alpha value is -1.26. The summed E-state index contributed by atoms with van der Waals surface area (Å²) in [6, 6.07) is 0. The molecule has 2 aliphatic heterocycles. The van der Waals surface area contributed by atoms with E-state index >= 15 is 0 Å². The van der Waals surface area contributed by atoms with Crippen molar-refractivity contribution in [3.63, 3.8) is 0 Å². The molecule has 2 saturated heterocycles. The average molecular weight is 350 g/mol. The van der Waals surface area contributed by atoms with Crippen LogP contribution in [0.4, 0.5) is 13.2 Å². The largest absolute Gasteiger partial charge is 0.451 e. The molecule has 0 spiro atoms. The molecule has 23 heavy (non-hydrogen) atoms. The van der Waals surface area contributed by atoms with Gasteiger partial charge in [-0.25, -0.2) is 18.4 Å². The van der Waals surface area contributed by atoms with Crippen LogP contribution in [-0.4, -0.2) is 48.9 Å². The number of nitrogens with zero attached hydrogens (tertiary/aromatic N) is 3. The van der Waals surface area contributed by atoms with Crippen LogP contribution in [0.3, 0.4) is 0 Å². The van der Waals surface area contributed by atoms with Crippen LogP contribution in [0.15, 0.2) is 4.90 Å². The fourth-order valence-corrected chi connectivity index (χ4v) is 5.22. The first-order valence-electron chi connectivity index (χ1n) is 7.24. The summed E-state index contributed by atoms with van der Waals surface area (Å²) in [6.07, 6.45) is -4.70. The van der Waals surface area contributed by atoms with E-state index in [1.54, 1.807) is 0 Å². The Morgan fingerprint density at radius 1 is 1.09 bits per heavy atom. The van der Waals surface area contributed by atoms with Gasteiger partial charge in [-0.2, -0.15) is 17.5 Å². The van der Waals surface area contributed by atoms with Crippen molar-refractivity contribution in [1.29, 1.82) is 0 Å². The zero-order valence-corrected chi connectivity index (χ0v) is 13.5. The lowest BCUT2D eigenvalue weighted by Gasteiger charge is -2.20. The van der Waals surface area contributed by atoms with Gasteiger partial charge in [0.1, 0.15) is 4.90 Å². The molecular weight excluding hydrogens is 333 g/mol. The van der Waals surface area contributed by atoms with E-state index in [0.717, 1.165) is 13.1 Å².